The van der Waals surface area contributed by atoms with Gasteiger partial charge in [0.25, 0.3) is 0 Å². The second-order valence-corrected chi connectivity index (χ2v) is 5.42. The van der Waals surface area contributed by atoms with Crippen LogP contribution >= 0.6 is 0 Å². The van der Waals surface area contributed by atoms with Crippen LogP contribution in [0.1, 0.15) is 44.7 Å². The van der Waals surface area contributed by atoms with Gasteiger partial charge in [0.1, 0.15) is 0 Å². The van der Waals surface area contributed by atoms with Crippen molar-refractivity contribution in [1.82, 2.24) is 4.90 Å². The molecule has 0 spiro atoms. The van der Waals surface area contributed by atoms with Gasteiger partial charge in [-0.3, -0.25) is 9.69 Å². The number of aryl methyl sites for hydroxylation is 2. The van der Waals surface area contributed by atoms with Crippen molar-refractivity contribution in [2.24, 2.45) is 5.73 Å². The van der Waals surface area contributed by atoms with Gasteiger partial charge in [0.2, 0.25) is 5.91 Å². The van der Waals surface area contributed by atoms with Crippen LogP contribution in [-0.4, -0.2) is 37.0 Å². The second-order valence-electron chi connectivity index (χ2n) is 5.42. The van der Waals surface area contributed by atoms with Gasteiger partial charge in [0.15, 0.2) is 0 Å². The minimum absolute atomic E-state index is 0.0612. The number of carbonyl (C=O) groups is 1. The van der Waals surface area contributed by atoms with E-state index in [1.807, 2.05) is 32.0 Å². The van der Waals surface area contributed by atoms with Gasteiger partial charge < -0.3 is 11.1 Å². The zero-order valence-electron chi connectivity index (χ0n) is 14.9. The van der Waals surface area contributed by atoms with Gasteiger partial charge >= 0.3 is 0 Å². The van der Waals surface area contributed by atoms with Crippen LogP contribution < -0.4 is 11.1 Å². The predicted octanol–water partition coefficient (Wildman–Crippen LogP) is 3.33. The van der Waals surface area contributed by atoms with Gasteiger partial charge in [0.05, 0.1) is 6.54 Å². The Kier molecular flexibility index (Phi) is 11.4. The first-order chi connectivity index (χ1) is 10.5. The molecule has 22 heavy (non-hydrogen) atoms. The third kappa shape index (κ3) is 8.15. The summed E-state index contributed by atoms with van der Waals surface area (Å²) in [6, 6.07) is 6.03. The van der Waals surface area contributed by atoms with Crippen molar-refractivity contribution in [1.29, 1.82) is 0 Å². The Morgan fingerprint density at radius 1 is 1.14 bits per heavy atom. The zero-order valence-corrected chi connectivity index (χ0v) is 14.9. The van der Waals surface area contributed by atoms with Crippen LogP contribution in [0.4, 0.5) is 5.69 Å². The van der Waals surface area contributed by atoms with Crippen LogP contribution in [0.15, 0.2) is 18.2 Å². The van der Waals surface area contributed by atoms with Gasteiger partial charge in [-0.05, 0) is 51.0 Å². The van der Waals surface area contributed by atoms with E-state index in [1.165, 1.54) is 12.8 Å². The number of nitrogens with two attached hydrogens (primary N) is 1. The number of rotatable bonds is 7. The smallest absolute Gasteiger partial charge is 0.238 e. The number of nitrogens with one attached hydrogen (secondary N) is 1. The molecule has 1 aromatic rings. The van der Waals surface area contributed by atoms with E-state index in [0.717, 1.165) is 36.4 Å². The number of hydrogen-bond acceptors (Lipinski definition) is 3. The van der Waals surface area contributed by atoms with Crippen LogP contribution in [0.5, 0.6) is 0 Å². The molecule has 0 bridgehead atoms. The summed E-state index contributed by atoms with van der Waals surface area (Å²) in [7, 11) is 0. The van der Waals surface area contributed by atoms with Crippen LogP contribution in [0.25, 0.3) is 0 Å². The van der Waals surface area contributed by atoms with Gasteiger partial charge in [-0.2, -0.15) is 0 Å². The highest BCUT2D eigenvalue weighted by molar-refractivity contribution is 5.93. The number of likely N-dealkylation sites (N-methyl/N-ethyl adjacent to an activating group) is 1. The minimum atomic E-state index is 0.0612. The molecule has 0 aliphatic carbocycles. The Hall–Kier alpha value is -1.39. The quantitative estimate of drug-likeness (QED) is 0.812. The molecule has 3 N–H and O–H groups in total. The lowest BCUT2D eigenvalue weighted by Crippen LogP contribution is -2.33. The van der Waals surface area contributed by atoms with E-state index in [1.54, 1.807) is 0 Å². The summed E-state index contributed by atoms with van der Waals surface area (Å²) >= 11 is 0. The molecule has 0 heterocycles. The number of nitrogens with zero attached hydrogens (tertiary/aromatic N) is 1. The molecule has 126 valence electrons. The lowest BCUT2D eigenvalue weighted by molar-refractivity contribution is -0.117. The average Bonchev–Trinajstić information content (AvgIpc) is 2.50. The maximum atomic E-state index is 11.9. The highest BCUT2D eigenvalue weighted by atomic mass is 16.2. The number of benzene rings is 1. The summed E-state index contributed by atoms with van der Waals surface area (Å²) in [6.45, 7) is 13.4. The molecule has 0 radical (unpaired) electrons. The van der Waals surface area contributed by atoms with Crippen LogP contribution in [0, 0.1) is 13.8 Å². The second kappa shape index (κ2) is 12.2. The topological polar surface area (TPSA) is 58.4 Å². The number of anilines is 1. The van der Waals surface area contributed by atoms with Gasteiger partial charge in [0, 0.05) is 5.69 Å². The summed E-state index contributed by atoms with van der Waals surface area (Å²) in [6.07, 6.45) is 2.39. The number of unbranched alkanes of at least 4 members (excludes halogenated alkanes) is 1. The molecule has 0 unspecified atom stereocenters. The Morgan fingerprint density at radius 3 is 2.05 bits per heavy atom. The molecular formula is C18H33N3O. The third-order valence-electron chi connectivity index (χ3n) is 3.56. The summed E-state index contributed by atoms with van der Waals surface area (Å²) in [4.78, 5) is 14.0. The van der Waals surface area contributed by atoms with E-state index in [0.29, 0.717) is 6.54 Å². The fourth-order valence-electron chi connectivity index (χ4n) is 2.05. The number of amides is 1. The Labute approximate surface area is 136 Å². The Balaban J connectivity index is 0.000000763. The molecule has 0 aliphatic heterocycles. The van der Waals surface area contributed by atoms with E-state index in [9.17, 15) is 4.79 Å². The van der Waals surface area contributed by atoms with E-state index >= 15 is 0 Å². The zero-order chi connectivity index (χ0) is 17.0. The van der Waals surface area contributed by atoms with Gasteiger partial charge in [-0.1, -0.05) is 45.4 Å². The third-order valence-corrected chi connectivity index (χ3v) is 3.56. The summed E-state index contributed by atoms with van der Waals surface area (Å²) < 4.78 is 0. The Bertz CT molecular complexity index is 406. The van der Waals surface area contributed by atoms with E-state index in [-0.39, 0.29) is 5.91 Å². The first kappa shape index (κ1) is 20.6. The summed E-state index contributed by atoms with van der Waals surface area (Å²) in [5.41, 5.74) is 8.31. The minimum Gasteiger partial charge on any atom is -0.330 e. The van der Waals surface area contributed by atoms with E-state index < -0.39 is 0 Å². The Morgan fingerprint density at radius 2 is 1.68 bits per heavy atom. The molecule has 1 aromatic carbocycles. The van der Waals surface area contributed by atoms with Crippen molar-refractivity contribution >= 4 is 11.6 Å². The highest BCUT2D eigenvalue weighted by Gasteiger charge is 2.09. The summed E-state index contributed by atoms with van der Waals surface area (Å²) in [5, 5.41) is 3.00. The van der Waals surface area contributed by atoms with Crippen LogP contribution in [0.2, 0.25) is 0 Å². The van der Waals surface area contributed by atoms with Crippen molar-refractivity contribution < 1.29 is 4.79 Å². The van der Waals surface area contributed by atoms with Crippen molar-refractivity contribution in [3.63, 3.8) is 0 Å². The van der Waals surface area contributed by atoms with Gasteiger partial charge in [-0.15, -0.1) is 0 Å². The molecule has 0 saturated heterocycles. The first-order valence-electron chi connectivity index (χ1n) is 8.28. The fourth-order valence-corrected chi connectivity index (χ4v) is 2.05. The largest absolute Gasteiger partial charge is 0.330 e. The molecule has 4 nitrogen and oxygen atoms in total. The molecular weight excluding hydrogens is 274 g/mol. The fraction of sp³-hybridized carbons (Fsp3) is 0.611. The first-order valence-corrected chi connectivity index (χ1v) is 8.28. The molecule has 0 fully saturated rings. The monoisotopic (exact) mass is 307 g/mol. The van der Waals surface area contributed by atoms with E-state index in [4.69, 9.17) is 5.73 Å². The van der Waals surface area contributed by atoms with Crippen LogP contribution in [-0.2, 0) is 4.79 Å². The molecule has 4 heteroatoms. The molecule has 1 amide bonds. The lowest BCUT2D eigenvalue weighted by atomic mass is 10.1. The number of hydrogen-bond donors (Lipinski definition) is 2. The maximum absolute atomic E-state index is 11.9. The highest BCUT2D eigenvalue weighted by Crippen LogP contribution is 2.19. The van der Waals surface area contributed by atoms with Crippen molar-refractivity contribution in [3.05, 3.63) is 29.3 Å². The normalized spacial score (nSPS) is 10.1. The molecule has 0 aromatic heterocycles. The van der Waals surface area contributed by atoms with E-state index in [2.05, 4.69) is 31.0 Å². The van der Waals surface area contributed by atoms with Crippen LogP contribution in [0.3, 0.4) is 0 Å². The molecule has 0 atom stereocenters. The average molecular weight is 307 g/mol. The summed E-state index contributed by atoms with van der Waals surface area (Å²) in [5.74, 6) is 0.0612. The predicted molar refractivity (Wildman–Crippen MR) is 96.3 cm³/mol. The van der Waals surface area contributed by atoms with Crippen molar-refractivity contribution in [2.45, 2.75) is 47.5 Å². The molecule has 0 saturated carbocycles. The van der Waals surface area contributed by atoms with Crippen molar-refractivity contribution in [3.8, 4) is 0 Å². The maximum Gasteiger partial charge on any atom is 0.238 e. The number of para-hydroxylation sites is 1. The van der Waals surface area contributed by atoms with Crippen molar-refractivity contribution in [2.75, 3.05) is 31.5 Å². The van der Waals surface area contributed by atoms with Gasteiger partial charge in [-0.25, -0.2) is 0 Å². The standard InChI is InChI=1S/C14H22N2O.C4H11N/c1-5-16(6-2)10-13(17)15-14-11(3)8-7-9-12(14)4;1-2-3-4-5/h7-9H,5-6,10H2,1-4H3,(H,15,17);2-5H2,1H3. The SMILES string of the molecule is CCCCN.CCN(CC)CC(=O)Nc1c(C)cccc1C. The molecule has 1 rings (SSSR count). The molecule has 0 aliphatic rings. The number of carbonyl (C=O) groups excluding carboxylic acids is 1. The lowest BCUT2D eigenvalue weighted by Gasteiger charge is -2.18.